The SMILES string of the molecule is CC(C)(C)[S@@](=O)NC1c2cccnc2CC12CCNCC2. The summed E-state index contributed by atoms with van der Waals surface area (Å²) in [4.78, 5) is 4.57. The van der Waals surface area contributed by atoms with Crippen LogP contribution >= 0.6 is 0 Å². The average Bonchev–Trinajstić information content (AvgIpc) is 2.72. The second-order valence-corrected chi connectivity index (χ2v) is 9.26. The molecule has 2 heterocycles. The third kappa shape index (κ3) is 2.79. The van der Waals surface area contributed by atoms with E-state index in [2.05, 4.69) is 21.1 Å². The molecule has 1 spiro atoms. The highest BCUT2D eigenvalue weighted by Crippen LogP contribution is 2.50. The van der Waals surface area contributed by atoms with Gasteiger partial charge in [0.15, 0.2) is 0 Å². The van der Waals surface area contributed by atoms with Crippen molar-refractivity contribution in [1.82, 2.24) is 15.0 Å². The van der Waals surface area contributed by atoms with Gasteiger partial charge < -0.3 is 5.32 Å². The van der Waals surface area contributed by atoms with Crippen molar-refractivity contribution < 1.29 is 4.21 Å². The lowest BCUT2D eigenvalue weighted by molar-refractivity contribution is 0.164. The monoisotopic (exact) mass is 307 g/mol. The first-order chi connectivity index (χ1) is 9.92. The van der Waals surface area contributed by atoms with Crippen LogP contribution in [0.1, 0.15) is 50.9 Å². The zero-order chi connectivity index (χ0) is 15.1. The van der Waals surface area contributed by atoms with E-state index in [9.17, 15) is 4.21 Å². The number of hydrogen-bond acceptors (Lipinski definition) is 3. The molecule has 5 heteroatoms. The quantitative estimate of drug-likeness (QED) is 0.880. The summed E-state index contributed by atoms with van der Waals surface area (Å²) in [6.07, 6.45) is 5.10. The van der Waals surface area contributed by atoms with Crippen LogP contribution < -0.4 is 10.0 Å². The summed E-state index contributed by atoms with van der Waals surface area (Å²) in [5.41, 5.74) is 2.60. The average molecular weight is 307 g/mol. The summed E-state index contributed by atoms with van der Waals surface area (Å²) in [6.45, 7) is 8.13. The van der Waals surface area contributed by atoms with Gasteiger partial charge in [0.2, 0.25) is 0 Å². The van der Waals surface area contributed by atoms with Gasteiger partial charge in [0.05, 0.1) is 21.8 Å². The Morgan fingerprint density at radius 3 is 2.76 bits per heavy atom. The van der Waals surface area contributed by atoms with Gasteiger partial charge in [-0.2, -0.15) is 0 Å². The van der Waals surface area contributed by atoms with Crippen LogP contribution in [0.3, 0.4) is 0 Å². The highest BCUT2D eigenvalue weighted by Gasteiger charge is 2.48. The highest BCUT2D eigenvalue weighted by atomic mass is 32.2. The summed E-state index contributed by atoms with van der Waals surface area (Å²) < 4.78 is 15.8. The number of nitrogens with zero attached hydrogens (tertiary/aromatic N) is 1. The van der Waals surface area contributed by atoms with E-state index in [1.807, 2.05) is 33.0 Å². The standard InChI is InChI=1S/C16H25N3OS/c1-15(2,3)21(20)19-14-12-5-4-8-18-13(12)11-16(14)6-9-17-10-7-16/h4-5,8,14,17,19H,6-7,9-11H2,1-3H3/t14?,21-/m1/s1. The van der Waals surface area contributed by atoms with Crippen molar-refractivity contribution in [3.8, 4) is 0 Å². The molecule has 1 unspecified atom stereocenters. The van der Waals surface area contributed by atoms with Crippen LogP contribution in [0.2, 0.25) is 0 Å². The number of hydrogen-bond donors (Lipinski definition) is 2. The maximum Gasteiger partial charge on any atom is 0.0976 e. The number of piperidine rings is 1. The molecule has 0 amide bonds. The van der Waals surface area contributed by atoms with E-state index in [0.717, 1.165) is 32.4 Å². The molecule has 116 valence electrons. The maximum absolute atomic E-state index is 12.6. The second-order valence-electron chi connectivity index (χ2n) is 7.26. The predicted molar refractivity (Wildman–Crippen MR) is 86.2 cm³/mol. The van der Waals surface area contributed by atoms with E-state index in [-0.39, 0.29) is 16.2 Å². The van der Waals surface area contributed by atoms with Crippen LogP contribution in [0.5, 0.6) is 0 Å². The van der Waals surface area contributed by atoms with E-state index >= 15 is 0 Å². The molecule has 2 atom stereocenters. The normalized spacial score (nSPS) is 25.8. The lowest BCUT2D eigenvalue weighted by Gasteiger charge is -2.40. The van der Waals surface area contributed by atoms with Crippen LogP contribution in [-0.4, -0.2) is 27.0 Å². The minimum atomic E-state index is -1.06. The number of pyridine rings is 1. The van der Waals surface area contributed by atoms with Gasteiger partial charge in [0.25, 0.3) is 0 Å². The van der Waals surface area contributed by atoms with E-state index in [1.54, 1.807) is 0 Å². The molecule has 0 radical (unpaired) electrons. The van der Waals surface area contributed by atoms with E-state index in [1.165, 1.54) is 11.3 Å². The van der Waals surface area contributed by atoms with Gasteiger partial charge in [-0.05, 0) is 70.2 Å². The Balaban J connectivity index is 1.94. The Kier molecular flexibility index (Phi) is 3.93. The maximum atomic E-state index is 12.6. The molecule has 0 aromatic carbocycles. The van der Waals surface area contributed by atoms with Gasteiger partial charge in [-0.15, -0.1) is 0 Å². The lowest BCUT2D eigenvalue weighted by Crippen LogP contribution is -2.46. The Labute approximate surface area is 129 Å². The Hall–Kier alpha value is -0.780. The Bertz CT molecular complexity index is 547. The molecule has 2 N–H and O–H groups in total. The molecule has 4 nitrogen and oxygen atoms in total. The zero-order valence-electron chi connectivity index (χ0n) is 13.1. The molecule has 0 bridgehead atoms. The molecule has 1 aliphatic carbocycles. The second kappa shape index (κ2) is 5.45. The van der Waals surface area contributed by atoms with Gasteiger partial charge in [0, 0.05) is 11.9 Å². The van der Waals surface area contributed by atoms with Crippen molar-refractivity contribution in [3.63, 3.8) is 0 Å². The lowest BCUT2D eigenvalue weighted by atomic mass is 9.74. The first-order valence-corrected chi connectivity index (χ1v) is 8.90. The van der Waals surface area contributed by atoms with Crippen molar-refractivity contribution in [2.75, 3.05) is 13.1 Å². The van der Waals surface area contributed by atoms with Gasteiger partial charge in [-0.3, -0.25) is 4.98 Å². The topological polar surface area (TPSA) is 54.0 Å². The van der Waals surface area contributed by atoms with Crippen molar-refractivity contribution in [2.45, 2.75) is 50.8 Å². The molecule has 1 aromatic rings. The molecular formula is C16H25N3OS. The summed E-state index contributed by atoms with van der Waals surface area (Å²) in [7, 11) is -1.06. The fraction of sp³-hybridized carbons (Fsp3) is 0.688. The minimum absolute atomic E-state index is 0.156. The smallest absolute Gasteiger partial charge is 0.0976 e. The first kappa shape index (κ1) is 15.1. The summed E-state index contributed by atoms with van der Waals surface area (Å²) in [5, 5.41) is 3.44. The van der Waals surface area contributed by atoms with E-state index in [4.69, 9.17) is 0 Å². The van der Waals surface area contributed by atoms with Crippen LogP contribution in [0.15, 0.2) is 18.3 Å². The van der Waals surface area contributed by atoms with Gasteiger partial charge >= 0.3 is 0 Å². The number of aromatic nitrogens is 1. The molecule has 21 heavy (non-hydrogen) atoms. The van der Waals surface area contributed by atoms with Gasteiger partial charge in [-0.1, -0.05) is 6.07 Å². The van der Waals surface area contributed by atoms with Crippen molar-refractivity contribution in [1.29, 1.82) is 0 Å². The van der Waals surface area contributed by atoms with Crippen molar-refractivity contribution >= 4 is 11.0 Å². The zero-order valence-corrected chi connectivity index (χ0v) is 13.9. The number of nitrogens with one attached hydrogen (secondary N) is 2. The van der Waals surface area contributed by atoms with Crippen molar-refractivity contribution in [3.05, 3.63) is 29.6 Å². The van der Waals surface area contributed by atoms with Crippen LogP contribution in [0.25, 0.3) is 0 Å². The molecule has 3 rings (SSSR count). The molecule has 1 aromatic heterocycles. The predicted octanol–water partition coefficient (Wildman–Crippen LogP) is 2.10. The number of rotatable bonds is 2. The van der Waals surface area contributed by atoms with Gasteiger partial charge in [-0.25, -0.2) is 8.93 Å². The first-order valence-electron chi connectivity index (χ1n) is 7.75. The molecular weight excluding hydrogens is 282 g/mol. The summed E-state index contributed by atoms with van der Waals surface area (Å²) in [6, 6.07) is 4.30. The highest BCUT2D eigenvalue weighted by molar-refractivity contribution is 7.84. The summed E-state index contributed by atoms with van der Waals surface area (Å²) >= 11 is 0. The van der Waals surface area contributed by atoms with Gasteiger partial charge in [0.1, 0.15) is 0 Å². The molecule has 1 fully saturated rings. The molecule has 2 aliphatic rings. The number of fused-ring (bicyclic) bond motifs is 1. The van der Waals surface area contributed by atoms with E-state index in [0.29, 0.717) is 0 Å². The molecule has 1 saturated heterocycles. The molecule has 0 saturated carbocycles. The molecule has 1 aliphatic heterocycles. The Morgan fingerprint density at radius 2 is 2.10 bits per heavy atom. The van der Waals surface area contributed by atoms with E-state index < -0.39 is 11.0 Å². The van der Waals surface area contributed by atoms with Crippen LogP contribution in [0, 0.1) is 5.41 Å². The Morgan fingerprint density at radius 1 is 1.38 bits per heavy atom. The fourth-order valence-electron chi connectivity index (χ4n) is 3.49. The fourth-order valence-corrected chi connectivity index (χ4v) is 4.43. The minimum Gasteiger partial charge on any atom is -0.317 e. The third-order valence-electron chi connectivity index (χ3n) is 4.75. The van der Waals surface area contributed by atoms with Crippen molar-refractivity contribution in [2.24, 2.45) is 5.41 Å². The summed E-state index contributed by atoms with van der Waals surface area (Å²) in [5.74, 6) is 0. The van der Waals surface area contributed by atoms with Crippen LogP contribution in [-0.2, 0) is 17.4 Å². The van der Waals surface area contributed by atoms with Crippen LogP contribution in [0.4, 0.5) is 0 Å². The third-order valence-corrected chi connectivity index (χ3v) is 6.31. The largest absolute Gasteiger partial charge is 0.317 e.